The van der Waals surface area contributed by atoms with Crippen LogP contribution < -0.4 is 5.32 Å². The predicted octanol–water partition coefficient (Wildman–Crippen LogP) is 3.73. The van der Waals surface area contributed by atoms with Crippen LogP contribution >= 0.6 is 0 Å². The number of amides is 1. The predicted molar refractivity (Wildman–Crippen MR) is 102 cm³/mol. The number of hydrogen-bond donors (Lipinski definition) is 1. The first-order valence-corrected chi connectivity index (χ1v) is 10.9. The largest absolute Gasteiger partial charge is 0.326 e. The SMILES string of the molecule is CC(C)c1ccccc1NC(=O)CCCCS(=O)(=O)N1CCCCC1. The van der Waals surface area contributed by atoms with E-state index in [0.29, 0.717) is 38.3 Å². The number of hydrogen-bond acceptors (Lipinski definition) is 3. The number of anilines is 1. The van der Waals surface area contributed by atoms with Crippen LogP contribution in [0.3, 0.4) is 0 Å². The Hall–Kier alpha value is -1.40. The van der Waals surface area contributed by atoms with Crippen molar-refractivity contribution in [3.8, 4) is 0 Å². The van der Waals surface area contributed by atoms with Crippen LogP contribution in [0.2, 0.25) is 0 Å². The molecule has 0 atom stereocenters. The number of para-hydroxylation sites is 1. The van der Waals surface area contributed by atoms with Gasteiger partial charge in [-0.15, -0.1) is 0 Å². The molecular weight excluding hydrogens is 336 g/mol. The number of benzene rings is 1. The van der Waals surface area contributed by atoms with Gasteiger partial charge in [0, 0.05) is 25.2 Å². The van der Waals surface area contributed by atoms with Crippen LogP contribution in [-0.4, -0.2) is 37.5 Å². The van der Waals surface area contributed by atoms with Gasteiger partial charge in [-0.2, -0.15) is 0 Å². The van der Waals surface area contributed by atoms with Gasteiger partial charge in [-0.05, 0) is 43.2 Å². The summed E-state index contributed by atoms with van der Waals surface area (Å²) in [6, 6.07) is 7.81. The second-order valence-corrected chi connectivity index (χ2v) is 9.11. The van der Waals surface area contributed by atoms with E-state index in [1.807, 2.05) is 24.3 Å². The molecule has 6 heteroatoms. The van der Waals surface area contributed by atoms with E-state index < -0.39 is 10.0 Å². The lowest BCUT2D eigenvalue weighted by Gasteiger charge is -2.25. The molecule has 2 rings (SSSR count). The molecule has 1 aromatic rings. The molecule has 1 N–H and O–H groups in total. The highest BCUT2D eigenvalue weighted by Gasteiger charge is 2.23. The summed E-state index contributed by atoms with van der Waals surface area (Å²) in [6.07, 6.45) is 4.49. The summed E-state index contributed by atoms with van der Waals surface area (Å²) in [6.45, 7) is 5.48. The summed E-state index contributed by atoms with van der Waals surface area (Å²) < 4.78 is 26.1. The number of rotatable bonds is 8. The summed E-state index contributed by atoms with van der Waals surface area (Å²) in [5.74, 6) is 0.428. The Balaban J connectivity index is 1.75. The Morgan fingerprint density at radius 1 is 1.12 bits per heavy atom. The van der Waals surface area contributed by atoms with Gasteiger partial charge < -0.3 is 5.32 Å². The minimum Gasteiger partial charge on any atom is -0.326 e. The molecule has 140 valence electrons. The van der Waals surface area contributed by atoms with E-state index in [9.17, 15) is 13.2 Å². The molecule has 1 aromatic carbocycles. The average Bonchev–Trinajstić information content (AvgIpc) is 2.60. The van der Waals surface area contributed by atoms with Crippen LogP contribution in [0.15, 0.2) is 24.3 Å². The van der Waals surface area contributed by atoms with Crippen molar-refractivity contribution in [2.24, 2.45) is 0 Å². The molecule has 1 heterocycles. The lowest BCUT2D eigenvalue weighted by atomic mass is 10.0. The third kappa shape index (κ3) is 6.12. The highest BCUT2D eigenvalue weighted by Crippen LogP contribution is 2.24. The maximum atomic E-state index is 12.3. The van der Waals surface area contributed by atoms with Crippen LogP contribution in [0.1, 0.15) is 63.9 Å². The zero-order valence-electron chi connectivity index (χ0n) is 15.3. The van der Waals surface area contributed by atoms with Crippen molar-refractivity contribution in [2.45, 2.75) is 58.3 Å². The Morgan fingerprint density at radius 3 is 2.48 bits per heavy atom. The first-order chi connectivity index (χ1) is 11.9. The molecule has 0 radical (unpaired) electrons. The minimum absolute atomic E-state index is 0.0523. The number of unbranched alkanes of at least 4 members (excludes halogenated alkanes) is 1. The van der Waals surface area contributed by atoms with Gasteiger partial charge in [0.2, 0.25) is 15.9 Å². The molecule has 1 amide bonds. The van der Waals surface area contributed by atoms with Crippen LogP contribution in [-0.2, 0) is 14.8 Å². The third-order valence-electron chi connectivity index (χ3n) is 4.62. The standard InChI is InChI=1S/C19H30N2O3S/c1-16(2)17-10-4-5-11-18(17)20-19(22)12-6-9-15-25(23,24)21-13-7-3-8-14-21/h4-5,10-11,16H,3,6-9,12-15H2,1-2H3,(H,20,22). The topological polar surface area (TPSA) is 66.5 Å². The fourth-order valence-electron chi connectivity index (χ4n) is 3.17. The molecule has 1 fully saturated rings. The van der Waals surface area contributed by atoms with Crippen LogP contribution in [0, 0.1) is 0 Å². The van der Waals surface area contributed by atoms with Crippen LogP contribution in [0.25, 0.3) is 0 Å². The summed E-state index contributed by atoms with van der Waals surface area (Å²) in [5.41, 5.74) is 1.96. The van der Waals surface area contributed by atoms with E-state index in [-0.39, 0.29) is 11.7 Å². The molecule has 1 aliphatic heterocycles. The average molecular weight is 367 g/mol. The van der Waals surface area contributed by atoms with Crippen molar-refractivity contribution in [1.82, 2.24) is 4.31 Å². The highest BCUT2D eigenvalue weighted by atomic mass is 32.2. The van der Waals surface area contributed by atoms with E-state index in [2.05, 4.69) is 19.2 Å². The van der Waals surface area contributed by atoms with Crippen molar-refractivity contribution in [3.05, 3.63) is 29.8 Å². The molecule has 0 spiro atoms. The summed E-state index contributed by atoms with van der Waals surface area (Å²) in [5, 5.41) is 2.95. The van der Waals surface area contributed by atoms with E-state index in [0.717, 1.165) is 30.5 Å². The molecule has 1 aliphatic rings. The second-order valence-electron chi connectivity index (χ2n) is 7.02. The van der Waals surface area contributed by atoms with Gasteiger partial charge in [0.05, 0.1) is 5.75 Å². The molecule has 0 saturated carbocycles. The number of sulfonamides is 1. The smallest absolute Gasteiger partial charge is 0.224 e. The number of piperidine rings is 1. The van der Waals surface area contributed by atoms with Crippen molar-refractivity contribution in [3.63, 3.8) is 0 Å². The van der Waals surface area contributed by atoms with Crippen molar-refractivity contribution in [1.29, 1.82) is 0 Å². The number of carbonyl (C=O) groups is 1. The van der Waals surface area contributed by atoms with Gasteiger partial charge in [-0.25, -0.2) is 12.7 Å². The molecule has 1 saturated heterocycles. The maximum Gasteiger partial charge on any atom is 0.224 e. The van der Waals surface area contributed by atoms with Gasteiger partial charge in [-0.1, -0.05) is 38.5 Å². The van der Waals surface area contributed by atoms with E-state index in [1.165, 1.54) is 0 Å². The van der Waals surface area contributed by atoms with Crippen LogP contribution in [0.4, 0.5) is 5.69 Å². The Kier molecular flexibility index (Phi) is 7.44. The van der Waals surface area contributed by atoms with Gasteiger partial charge in [0.1, 0.15) is 0 Å². The van der Waals surface area contributed by atoms with Gasteiger partial charge >= 0.3 is 0 Å². The zero-order valence-corrected chi connectivity index (χ0v) is 16.1. The lowest BCUT2D eigenvalue weighted by Crippen LogP contribution is -2.37. The van der Waals surface area contributed by atoms with Crippen molar-refractivity contribution >= 4 is 21.6 Å². The fraction of sp³-hybridized carbons (Fsp3) is 0.632. The van der Waals surface area contributed by atoms with E-state index in [1.54, 1.807) is 4.31 Å². The molecule has 5 nitrogen and oxygen atoms in total. The molecule has 0 bridgehead atoms. The monoisotopic (exact) mass is 366 g/mol. The van der Waals surface area contributed by atoms with Gasteiger partial charge in [0.25, 0.3) is 0 Å². The molecule has 0 aromatic heterocycles. The normalized spacial score (nSPS) is 16.1. The number of nitrogens with zero attached hydrogens (tertiary/aromatic N) is 1. The molecule has 0 aliphatic carbocycles. The first kappa shape index (κ1) is 19.9. The molecule has 0 unspecified atom stereocenters. The number of carbonyl (C=O) groups excluding carboxylic acids is 1. The van der Waals surface area contributed by atoms with Crippen molar-refractivity contribution in [2.75, 3.05) is 24.2 Å². The zero-order chi connectivity index (χ0) is 18.3. The van der Waals surface area contributed by atoms with Gasteiger partial charge in [0.15, 0.2) is 0 Å². The summed E-state index contributed by atoms with van der Waals surface area (Å²) in [7, 11) is -3.16. The van der Waals surface area contributed by atoms with Crippen molar-refractivity contribution < 1.29 is 13.2 Å². The second kappa shape index (κ2) is 9.34. The quantitative estimate of drug-likeness (QED) is 0.713. The molecule has 25 heavy (non-hydrogen) atoms. The van der Waals surface area contributed by atoms with E-state index in [4.69, 9.17) is 0 Å². The van der Waals surface area contributed by atoms with Crippen LogP contribution in [0.5, 0.6) is 0 Å². The Morgan fingerprint density at radius 2 is 1.80 bits per heavy atom. The number of nitrogens with one attached hydrogen (secondary N) is 1. The fourth-order valence-corrected chi connectivity index (χ4v) is 4.81. The first-order valence-electron chi connectivity index (χ1n) is 9.27. The summed E-state index contributed by atoms with van der Waals surface area (Å²) in [4.78, 5) is 12.1. The van der Waals surface area contributed by atoms with Gasteiger partial charge in [-0.3, -0.25) is 4.79 Å². The Labute approximate surface area is 151 Å². The highest BCUT2D eigenvalue weighted by molar-refractivity contribution is 7.89. The minimum atomic E-state index is -3.16. The lowest BCUT2D eigenvalue weighted by molar-refractivity contribution is -0.116. The molecular formula is C19H30N2O3S. The van der Waals surface area contributed by atoms with E-state index >= 15 is 0 Å². The third-order valence-corrected chi connectivity index (χ3v) is 6.58. The Bertz CT molecular complexity index is 665. The maximum absolute atomic E-state index is 12.3. The summed E-state index contributed by atoms with van der Waals surface area (Å²) >= 11 is 0.